The van der Waals surface area contributed by atoms with Gasteiger partial charge in [0.15, 0.2) is 17.4 Å². The van der Waals surface area contributed by atoms with E-state index in [-0.39, 0.29) is 21.7 Å². The lowest BCUT2D eigenvalue weighted by Crippen LogP contribution is -2.14. The van der Waals surface area contributed by atoms with Crippen LogP contribution in [0.4, 0.5) is 20.2 Å². The maximum Gasteiger partial charge on any atom is 0.271 e. The van der Waals surface area contributed by atoms with Gasteiger partial charge in [-0.25, -0.2) is 17.2 Å². The second kappa shape index (κ2) is 8.23. The van der Waals surface area contributed by atoms with Crippen molar-refractivity contribution in [2.75, 3.05) is 10.0 Å². The smallest absolute Gasteiger partial charge is 0.271 e. The zero-order valence-electron chi connectivity index (χ0n) is 16.2. The number of benzene rings is 1. The minimum Gasteiger partial charge on any atom is -0.354 e. The van der Waals surface area contributed by atoms with E-state index < -0.39 is 21.7 Å². The average Bonchev–Trinajstić information content (AvgIpc) is 3.36. The van der Waals surface area contributed by atoms with E-state index in [1.54, 1.807) is 25.1 Å². The Bertz CT molecular complexity index is 1280. The Morgan fingerprint density at radius 2 is 1.97 bits per heavy atom. The van der Waals surface area contributed by atoms with Crippen molar-refractivity contribution >= 4 is 50.8 Å². The second-order valence-electron chi connectivity index (χ2n) is 7.00. The van der Waals surface area contributed by atoms with E-state index in [9.17, 15) is 22.0 Å². The van der Waals surface area contributed by atoms with Crippen molar-refractivity contribution in [3.05, 3.63) is 58.3 Å². The summed E-state index contributed by atoms with van der Waals surface area (Å²) in [5, 5.41) is 6.68. The van der Waals surface area contributed by atoms with Crippen LogP contribution in [-0.2, 0) is 14.8 Å². The van der Waals surface area contributed by atoms with Crippen molar-refractivity contribution in [2.45, 2.75) is 24.0 Å². The van der Waals surface area contributed by atoms with Gasteiger partial charge in [-0.15, -0.1) is 11.3 Å². The number of nitrogens with zero attached hydrogens (tertiary/aromatic N) is 1. The zero-order chi connectivity index (χ0) is 22.2. The highest BCUT2D eigenvalue weighted by atomic mass is 32.2. The highest BCUT2D eigenvalue weighted by Crippen LogP contribution is 2.32. The average molecular weight is 466 g/mol. The molecule has 0 atom stereocenters. The molecule has 1 amide bonds. The van der Waals surface area contributed by atoms with Crippen LogP contribution in [0.5, 0.6) is 0 Å². The van der Waals surface area contributed by atoms with Crippen molar-refractivity contribution in [1.82, 2.24) is 5.16 Å². The van der Waals surface area contributed by atoms with Gasteiger partial charge < -0.3 is 9.84 Å². The fraction of sp³-hybridized carbons (Fsp3) is 0.200. The minimum absolute atomic E-state index is 0.00658. The lowest BCUT2D eigenvalue weighted by atomic mass is 10.2. The molecule has 0 radical (unpaired) electrons. The molecular formula is C20H17F2N3O4S2. The Morgan fingerprint density at radius 3 is 2.68 bits per heavy atom. The first-order valence-electron chi connectivity index (χ1n) is 9.26. The van der Waals surface area contributed by atoms with Gasteiger partial charge >= 0.3 is 0 Å². The number of carbonyl (C=O) groups is 1. The Labute approximate surface area is 180 Å². The predicted octanol–water partition coefficient (Wildman–Crippen LogP) is 4.64. The van der Waals surface area contributed by atoms with Crippen LogP contribution < -0.4 is 10.0 Å². The number of aryl methyl sites for hydroxylation is 1. The molecule has 0 bridgehead atoms. The Hall–Kier alpha value is -3.05. The molecule has 0 saturated heterocycles. The van der Waals surface area contributed by atoms with Crippen LogP contribution in [0, 0.1) is 24.5 Å². The van der Waals surface area contributed by atoms with Crippen molar-refractivity contribution in [3.8, 4) is 0 Å². The third kappa shape index (κ3) is 4.83. The standard InChI is InChI=1S/C20H17F2N3O4S2/c1-11-19(23-20(26)12-2-3-12)17(29-24-11)8-5-14-6-9-18(30-14)31(27,28)25-13-4-7-15(21)16(22)10-13/h4-10,12,25H,2-3H2,1H3,(H,23,26). The number of carbonyl (C=O) groups excluding carboxylic acids is 1. The number of thiophene rings is 1. The molecule has 0 unspecified atom stereocenters. The van der Waals surface area contributed by atoms with Gasteiger partial charge in [0.05, 0.1) is 5.69 Å². The number of aromatic nitrogens is 1. The molecule has 31 heavy (non-hydrogen) atoms. The van der Waals surface area contributed by atoms with E-state index in [1.165, 1.54) is 6.07 Å². The zero-order valence-corrected chi connectivity index (χ0v) is 17.8. The second-order valence-corrected chi connectivity index (χ2v) is 10.0. The number of anilines is 2. The number of halogens is 2. The van der Waals surface area contributed by atoms with Gasteiger partial charge in [0.2, 0.25) is 5.91 Å². The van der Waals surface area contributed by atoms with Gasteiger partial charge in [-0.3, -0.25) is 9.52 Å². The molecule has 1 aliphatic rings. The van der Waals surface area contributed by atoms with E-state index >= 15 is 0 Å². The summed E-state index contributed by atoms with van der Waals surface area (Å²) in [6.45, 7) is 1.71. The quantitative estimate of drug-likeness (QED) is 0.529. The van der Waals surface area contributed by atoms with E-state index in [4.69, 9.17) is 4.52 Å². The number of hydrogen-bond acceptors (Lipinski definition) is 6. The first kappa shape index (κ1) is 21.2. The largest absolute Gasteiger partial charge is 0.354 e. The summed E-state index contributed by atoms with van der Waals surface area (Å²) in [5.41, 5.74) is 0.939. The Morgan fingerprint density at radius 1 is 1.19 bits per heavy atom. The van der Waals surface area contributed by atoms with Crippen LogP contribution in [0.25, 0.3) is 12.2 Å². The topological polar surface area (TPSA) is 101 Å². The van der Waals surface area contributed by atoms with Gasteiger partial charge in [-0.1, -0.05) is 5.16 Å². The molecule has 2 heterocycles. The fourth-order valence-corrected chi connectivity index (χ4v) is 4.99. The molecule has 0 spiro atoms. The van der Waals surface area contributed by atoms with Crippen LogP contribution in [0.2, 0.25) is 0 Å². The molecule has 1 aromatic carbocycles. The van der Waals surface area contributed by atoms with Crippen molar-refractivity contribution < 1.29 is 26.5 Å². The third-order valence-electron chi connectivity index (χ3n) is 4.52. The minimum atomic E-state index is -3.97. The molecule has 2 aromatic heterocycles. The number of rotatable bonds is 7. The monoisotopic (exact) mass is 465 g/mol. The van der Waals surface area contributed by atoms with E-state index in [0.29, 0.717) is 22.0 Å². The van der Waals surface area contributed by atoms with Crippen LogP contribution in [0.15, 0.2) is 39.1 Å². The van der Waals surface area contributed by atoms with Crippen molar-refractivity contribution in [3.63, 3.8) is 0 Å². The molecular weight excluding hydrogens is 448 g/mol. The van der Waals surface area contributed by atoms with Crippen LogP contribution in [0.3, 0.4) is 0 Å². The third-order valence-corrected chi connectivity index (χ3v) is 7.45. The van der Waals surface area contributed by atoms with Crippen LogP contribution in [0.1, 0.15) is 29.2 Å². The SMILES string of the molecule is Cc1noc(C=Cc2ccc(S(=O)(=O)Nc3ccc(F)c(F)c3)s2)c1NC(=O)C1CC1. The van der Waals surface area contributed by atoms with Gasteiger partial charge in [0.1, 0.15) is 15.6 Å². The normalized spacial score (nSPS) is 14.2. The molecule has 7 nitrogen and oxygen atoms in total. The fourth-order valence-electron chi connectivity index (χ4n) is 2.72. The number of amides is 1. The lowest BCUT2D eigenvalue weighted by molar-refractivity contribution is -0.117. The summed E-state index contributed by atoms with van der Waals surface area (Å²) < 4.78 is 58.9. The first-order chi connectivity index (χ1) is 14.7. The molecule has 0 aliphatic heterocycles. The van der Waals surface area contributed by atoms with Crippen LogP contribution >= 0.6 is 11.3 Å². The summed E-state index contributed by atoms with van der Waals surface area (Å²) in [5.74, 6) is -1.92. The van der Waals surface area contributed by atoms with E-state index in [2.05, 4.69) is 15.2 Å². The summed E-state index contributed by atoms with van der Waals surface area (Å²) in [6.07, 6.45) is 4.96. The van der Waals surface area contributed by atoms with Crippen LogP contribution in [-0.4, -0.2) is 19.5 Å². The maximum absolute atomic E-state index is 13.3. The summed E-state index contributed by atoms with van der Waals surface area (Å²) in [4.78, 5) is 12.6. The number of sulfonamides is 1. The number of hydrogen-bond donors (Lipinski definition) is 2. The highest BCUT2D eigenvalue weighted by Gasteiger charge is 2.30. The molecule has 1 aliphatic carbocycles. The number of nitrogens with one attached hydrogen (secondary N) is 2. The van der Waals surface area contributed by atoms with Crippen molar-refractivity contribution in [1.29, 1.82) is 0 Å². The predicted molar refractivity (Wildman–Crippen MR) is 113 cm³/mol. The molecule has 1 saturated carbocycles. The Balaban J connectivity index is 1.49. The summed E-state index contributed by atoms with van der Waals surface area (Å²) >= 11 is 0.973. The summed E-state index contributed by atoms with van der Waals surface area (Å²) in [6, 6.07) is 5.73. The molecule has 3 aromatic rings. The molecule has 2 N–H and O–H groups in total. The van der Waals surface area contributed by atoms with E-state index in [0.717, 1.165) is 42.4 Å². The van der Waals surface area contributed by atoms with Gasteiger partial charge in [0.25, 0.3) is 10.0 Å². The molecule has 4 rings (SSSR count). The lowest BCUT2D eigenvalue weighted by Gasteiger charge is -2.06. The van der Waals surface area contributed by atoms with E-state index in [1.807, 2.05) is 0 Å². The van der Waals surface area contributed by atoms with Crippen molar-refractivity contribution in [2.24, 2.45) is 5.92 Å². The summed E-state index contributed by atoms with van der Waals surface area (Å²) in [7, 11) is -3.97. The van der Waals surface area contributed by atoms with Gasteiger partial charge in [0, 0.05) is 16.9 Å². The molecule has 11 heteroatoms. The highest BCUT2D eigenvalue weighted by molar-refractivity contribution is 7.94. The van der Waals surface area contributed by atoms with Gasteiger partial charge in [-0.2, -0.15) is 0 Å². The first-order valence-corrected chi connectivity index (χ1v) is 11.6. The molecule has 162 valence electrons. The Kier molecular flexibility index (Phi) is 5.63. The van der Waals surface area contributed by atoms with Gasteiger partial charge in [-0.05, 0) is 56.2 Å². The molecule has 1 fully saturated rings. The maximum atomic E-state index is 13.3.